The van der Waals surface area contributed by atoms with Crippen LogP contribution in [0, 0.1) is 0 Å². The van der Waals surface area contributed by atoms with Gasteiger partial charge < -0.3 is 20.3 Å². The summed E-state index contributed by atoms with van der Waals surface area (Å²) in [6, 6.07) is -0.578. The van der Waals surface area contributed by atoms with Gasteiger partial charge in [0.1, 0.15) is 0 Å². The highest BCUT2D eigenvalue weighted by Gasteiger charge is 2.20. The summed E-state index contributed by atoms with van der Waals surface area (Å²) in [5, 5.41) is 23.2. The topological polar surface area (TPSA) is 95.9 Å². The number of amides is 1. The first-order valence-electron chi connectivity index (χ1n) is 27.9. The Labute approximate surface area is 387 Å². The molecule has 6 heteroatoms. The molecular formula is C56H109NO5. The minimum atomic E-state index is -0.694. The molecule has 0 aromatic heterocycles. The van der Waals surface area contributed by atoms with E-state index < -0.39 is 12.1 Å². The van der Waals surface area contributed by atoms with Gasteiger partial charge in [-0.3, -0.25) is 9.59 Å². The van der Waals surface area contributed by atoms with Crippen LogP contribution in [0.25, 0.3) is 0 Å². The highest BCUT2D eigenvalue weighted by molar-refractivity contribution is 5.76. The fourth-order valence-electron chi connectivity index (χ4n) is 8.76. The predicted octanol–water partition coefficient (Wildman–Crippen LogP) is 16.9. The van der Waals surface area contributed by atoms with Crippen LogP contribution in [0.5, 0.6) is 0 Å². The molecule has 0 bridgehead atoms. The van der Waals surface area contributed by atoms with E-state index >= 15 is 0 Å². The number of aliphatic hydroxyl groups excluding tert-OH is 2. The lowest BCUT2D eigenvalue weighted by Gasteiger charge is -2.22. The number of aliphatic hydroxyl groups is 2. The first-order valence-corrected chi connectivity index (χ1v) is 27.9. The molecule has 0 saturated heterocycles. The molecular weight excluding hydrogens is 767 g/mol. The molecule has 0 aliphatic rings. The number of nitrogens with one attached hydrogen (secondary N) is 1. The number of unbranched alkanes of at least 4 members (excludes halogenated alkanes) is 39. The molecule has 2 unspecified atom stereocenters. The minimum Gasteiger partial charge on any atom is -0.466 e. The Balaban J connectivity index is 3.50. The number of hydrogen-bond acceptors (Lipinski definition) is 5. The third kappa shape index (κ3) is 48.1. The van der Waals surface area contributed by atoms with Gasteiger partial charge >= 0.3 is 5.97 Å². The van der Waals surface area contributed by atoms with E-state index in [9.17, 15) is 19.8 Å². The zero-order chi connectivity index (χ0) is 45.1. The van der Waals surface area contributed by atoms with Crippen molar-refractivity contribution in [3.05, 3.63) is 12.2 Å². The van der Waals surface area contributed by atoms with Gasteiger partial charge in [-0.2, -0.15) is 0 Å². The van der Waals surface area contributed by atoms with Gasteiger partial charge in [-0.25, -0.2) is 0 Å². The number of esters is 1. The van der Waals surface area contributed by atoms with E-state index in [2.05, 4.69) is 31.3 Å². The number of carbonyl (C=O) groups excluding carboxylic acids is 2. The maximum Gasteiger partial charge on any atom is 0.305 e. The van der Waals surface area contributed by atoms with Crippen LogP contribution in [0.4, 0.5) is 0 Å². The average molecular weight is 876 g/mol. The monoisotopic (exact) mass is 876 g/mol. The highest BCUT2D eigenvalue weighted by atomic mass is 16.5. The lowest BCUT2D eigenvalue weighted by atomic mass is 10.0. The van der Waals surface area contributed by atoms with Crippen molar-refractivity contribution < 1.29 is 24.5 Å². The van der Waals surface area contributed by atoms with Gasteiger partial charge in [0, 0.05) is 12.8 Å². The lowest BCUT2D eigenvalue weighted by molar-refractivity contribution is -0.143. The van der Waals surface area contributed by atoms with E-state index in [0.717, 1.165) is 70.6 Å². The molecule has 0 aliphatic carbocycles. The number of allylic oxidation sites excluding steroid dienone is 2. The smallest absolute Gasteiger partial charge is 0.305 e. The van der Waals surface area contributed by atoms with E-state index in [1.54, 1.807) is 0 Å². The Kier molecular flexibility index (Phi) is 51.0. The molecule has 0 aromatic carbocycles. The van der Waals surface area contributed by atoms with Crippen molar-refractivity contribution in [3.8, 4) is 0 Å². The molecule has 62 heavy (non-hydrogen) atoms. The van der Waals surface area contributed by atoms with Crippen LogP contribution < -0.4 is 5.32 Å². The summed E-state index contributed by atoms with van der Waals surface area (Å²) in [6.07, 6.45) is 60.6. The minimum absolute atomic E-state index is 0.0309. The second-order valence-corrected chi connectivity index (χ2v) is 19.3. The largest absolute Gasteiger partial charge is 0.466 e. The number of carbonyl (C=O) groups is 2. The van der Waals surface area contributed by atoms with Crippen LogP contribution >= 0.6 is 0 Å². The average Bonchev–Trinajstić information content (AvgIpc) is 3.27. The highest BCUT2D eigenvalue weighted by Crippen LogP contribution is 2.17. The lowest BCUT2D eigenvalue weighted by Crippen LogP contribution is -2.45. The summed E-state index contributed by atoms with van der Waals surface area (Å²) in [5.74, 6) is -0.123. The molecule has 1 amide bonds. The van der Waals surface area contributed by atoms with E-state index in [1.165, 1.54) is 205 Å². The third-order valence-electron chi connectivity index (χ3n) is 13.1. The molecule has 2 atom stereocenters. The van der Waals surface area contributed by atoms with Crippen LogP contribution in [-0.2, 0) is 14.3 Å². The standard InChI is InChI=1S/C56H109NO5/c1-3-5-7-9-11-13-15-17-19-21-22-24-25-27-29-32-36-40-44-48-54(59)53(52-58)57-55(60)49-45-41-37-33-31-35-39-43-47-51-62-56(61)50-46-42-38-34-30-28-26-23-20-18-16-14-12-10-8-6-4-2/h33,37,53-54,58-59H,3-32,34-36,38-52H2,1-2H3,(H,57,60)/b37-33-. The number of rotatable bonds is 52. The van der Waals surface area contributed by atoms with E-state index in [4.69, 9.17) is 4.74 Å². The number of ether oxygens (including phenoxy) is 1. The Morgan fingerprint density at radius 1 is 0.435 bits per heavy atom. The Hall–Kier alpha value is -1.40. The zero-order valence-electron chi connectivity index (χ0n) is 41.9. The van der Waals surface area contributed by atoms with Crippen molar-refractivity contribution in [3.63, 3.8) is 0 Å². The fourth-order valence-corrected chi connectivity index (χ4v) is 8.76. The van der Waals surface area contributed by atoms with E-state index in [0.29, 0.717) is 25.9 Å². The Bertz CT molecular complexity index is 924. The first kappa shape index (κ1) is 60.6. The van der Waals surface area contributed by atoms with Gasteiger partial charge in [0.05, 0.1) is 25.4 Å². The van der Waals surface area contributed by atoms with Gasteiger partial charge in [0.15, 0.2) is 0 Å². The van der Waals surface area contributed by atoms with Crippen molar-refractivity contribution in [2.45, 2.75) is 321 Å². The van der Waals surface area contributed by atoms with Gasteiger partial charge in [0.25, 0.3) is 0 Å². The summed E-state index contributed by atoms with van der Waals surface area (Å²) in [4.78, 5) is 24.5. The second-order valence-electron chi connectivity index (χ2n) is 19.3. The molecule has 0 aliphatic heterocycles. The molecule has 0 radical (unpaired) electrons. The summed E-state index contributed by atoms with van der Waals surface area (Å²) in [7, 11) is 0. The normalized spacial score (nSPS) is 12.6. The van der Waals surface area contributed by atoms with Crippen LogP contribution in [0.2, 0.25) is 0 Å². The molecule has 0 rings (SSSR count). The fraction of sp³-hybridized carbons (Fsp3) is 0.929. The van der Waals surface area contributed by atoms with Crippen molar-refractivity contribution in [1.29, 1.82) is 0 Å². The summed E-state index contributed by atoms with van der Waals surface area (Å²) < 4.78 is 5.46. The van der Waals surface area contributed by atoms with Gasteiger partial charge in [-0.1, -0.05) is 264 Å². The third-order valence-corrected chi connectivity index (χ3v) is 13.1. The van der Waals surface area contributed by atoms with Gasteiger partial charge in [-0.05, 0) is 44.9 Å². The summed E-state index contributed by atoms with van der Waals surface area (Å²) in [6.45, 7) is 4.89. The van der Waals surface area contributed by atoms with Crippen molar-refractivity contribution in [2.24, 2.45) is 0 Å². The van der Waals surface area contributed by atoms with E-state index in [-0.39, 0.29) is 18.5 Å². The second kappa shape index (κ2) is 52.2. The van der Waals surface area contributed by atoms with Crippen LogP contribution in [0.15, 0.2) is 12.2 Å². The van der Waals surface area contributed by atoms with Crippen molar-refractivity contribution >= 4 is 11.9 Å². The predicted molar refractivity (Wildman–Crippen MR) is 269 cm³/mol. The molecule has 0 fully saturated rings. The summed E-state index contributed by atoms with van der Waals surface area (Å²) in [5.41, 5.74) is 0. The van der Waals surface area contributed by atoms with Crippen LogP contribution in [-0.4, -0.2) is 47.4 Å². The van der Waals surface area contributed by atoms with Gasteiger partial charge in [0.2, 0.25) is 5.91 Å². The molecule has 368 valence electrons. The quantitative estimate of drug-likeness (QED) is 0.0321. The van der Waals surface area contributed by atoms with Crippen LogP contribution in [0.1, 0.15) is 309 Å². The van der Waals surface area contributed by atoms with Crippen molar-refractivity contribution in [1.82, 2.24) is 5.32 Å². The Morgan fingerprint density at radius 2 is 0.774 bits per heavy atom. The number of hydrogen-bond donors (Lipinski definition) is 3. The molecule has 3 N–H and O–H groups in total. The van der Waals surface area contributed by atoms with Gasteiger partial charge in [-0.15, -0.1) is 0 Å². The molecule has 0 spiro atoms. The molecule has 0 aromatic rings. The molecule has 6 nitrogen and oxygen atoms in total. The van der Waals surface area contributed by atoms with Crippen LogP contribution in [0.3, 0.4) is 0 Å². The maximum absolute atomic E-state index is 12.5. The first-order chi connectivity index (χ1) is 30.5. The molecule has 0 saturated carbocycles. The SMILES string of the molecule is CCCCCCCCCCCCCCCCCCCCCC(O)C(CO)NC(=O)CCC/C=C\CCCCCCOC(=O)CCCCCCCCCCCCCCCCCCC. The summed E-state index contributed by atoms with van der Waals surface area (Å²) >= 11 is 0. The van der Waals surface area contributed by atoms with E-state index in [1.807, 2.05) is 0 Å². The maximum atomic E-state index is 12.5. The van der Waals surface area contributed by atoms with Crippen molar-refractivity contribution in [2.75, 3.05) is 13.2 Å². The Morgan fingerprint density at radius 3 is 1.18 bits per heavy atom. The zero-order valence-corrected chi connectivity index (χ0v) is 41.9. The molecule has 0 heterocycles.